The number of hydrogen-bond donors (Lipinski definition) is 3. The number of nitrogens with two attached hydrogens (primary N) is 1. The first-order chi connectivity index (χ1) is 9.22. The number of nitrogen functional groups attached to an aromatic ring is 1. The Morgan fingerprint density at radius 3 is 2.79 bits per heavy atom. The van der Waals surface area contributed by atoms with E-state index in [1.54, 1.807) is 18.3 Å². The van der Waals surface area contributed by atoms with Crippen LogP contribution in [-0.4, -0.2) is 28.4 Å². The second-order valence-corrected chi connectivity index (χ2v) is 5.89. The van der Waals surface area contributed by atoms with Crippen LogP contribution >= 0.6 is 11.8 Å². The van der Waals surface area contributed by atoms with E-state index < -0.39 is 0 Å². The highest BCUT2D eigenvalue weighted by Gasteiger charge is 2.22. The fourth-order valence-electron chi connectivity index (χ4n) is 2.36. The number of hydrazine groups is 1. The third-order valence-electron chi connectivity index (χ3n) is 3.51. The van der Waals surface area contributed by atoms with Gasteiger partial charge in [0.15, 0.2) is 0 Å². The molecular weight excluding hydrogens is 260 g/mol. The Morgan fingerprint density at radius 1 is 1.42 bits per heavy atom. The molecule has 1 fully saturated rings. The number of thioether (sulfide) groups is 1. The van der Waals surface area contributed by atoms with E-state index in [4.69, 9.17) is 5.84 Å². The average molecular weight is 280 g/mol. The summed E-state index contributed by atoms with van der Waals surface area (Å²) in [6.07, 6.45) is 8.21. The van der Waals surface area contributed by atoms with Crippen molar-refractivity contribution in [2.45, 2.75) is 37.0 Å². The molecule has 0 aromatic carbocycles. The van der Waals surface area contributed by atoms with Crippen molar-refractivity contribution >= 4 is 23.5 Å². The maximum absolute atomic E-state index is 12.1. The van der Waals surface area contributed by atoms with Crippen LogP contribution < -0.4 is 16.6 Å². The predicted molar refractivity (Wildman–Crippen MR) is 79.1 cm³/mol. The minimum absolute atomic E-state index is 0.0495. The number of aromatic nitrogens is 1. The standard InChI is InChI=1S/C13H20N4OS/c1-19-11-4-2-10(3-5-11)16-13(18)9-6-7-15-12(8-9)17-14/h6-8,10-11H,2-5,14H2,1H3,(H,15,17)(H,16,18). The van der Waals surface area contributed by atoms with E-state index in [1.807, 2.05) is 11.8 Å². The highest BCUT2D eigenvalue weighted by Crippen LogP contribution is 2.26. The molecule has 1 aromatic heterocycles. The number of rotatable bonds is 4. The fraction of sp³-hybridized carbons (Fsp3) is 0.538. The maximum atomic E-state index is 12.1. The van der Waals surface area contributed by atoms with Crippen LogP contribution in [0.5, 0.6) is 0 Å². The highest BCUT2D eigenvalue weighted by atomic mass is 32.2. The van der Waals surface area contributed by atoms with Gasteiger partial charge in [0, 0.05) is 23.1 Å². The van der Waals surface area contributed by atoms with E-state index in [0.29, 0.717) is 17.4 Å². The topological polar surface area (TPSA) is 80.0 Å². The third-order valence-corrected chi connectivity index (χ3v) is 4.65. The van der Waals surface area contributed by atoms with Gasteiger partial charge in [-0.05, 0) is 44.1 Å². The van der Waals surface area contributed by atoms with Crippen molar-refractivity contribution in [1.82, 2.24) is 10.3 Å². The summed E-state index contributed by atoms with van der Waals surface area (Å²) in [6.45, 7) is 0. The molecule has 0 saturated heterocycles. The van der Waals surface area contributed by atoms with E-state index in [0.717, 1.165) is 18.1 Å². The molecule has 1 aromatic rings. The molecule has 0 bridgehead atoms. The normalized spacial score (nSPS) is 22.8. The lowest BCUT2D eigenvalue weighted by molar-refractivity contribution is 0.0928. The zero-order valence-electron chi connectivity index (χ0n) is 11.1. The zero-order valence-corrected chi connectivity index (χ0v) is 11.9. The minimum atomic E-state index is -0.0495. The van der Waals surface area contributed by atoms with Crippen LogP contribution in [0, 0.1) is 0 Å². The van der Waals surface area contributed by atoms with Crippen LogP contribution in [0.2, 0.25) is 0 Å². The second-order valence-electron chi connectivity index (χ2n) is 4.76. The summed E-state index contributed by atoms with van der Waals surface area (Å²) in [5.41, 5.74) is 3.04. The van der Waals surface area contributed by atoms with E-state index in [1.165, 1.54) is 12.8 Å². The molecule has 0 spiro atoms. The SMILES string of the molecule is CSC1CCC(NC(=O)c2ccnc(NN)c2)CC1. The molecule has 0 radical (unpaired) electrons. The van der Waals surface area contributed by atoms with Gasteiger partial charge in [0.25, 0.3) is 5.91 Å². The van der Waals surface area contributed by atoms with E-state index in [-0.39, 0.29) is 5.91 Å². The maximum Gasteiger partial charge on any atom is 0.251 e. The minimum Gasteiger partial charge on any atom is -0.349 e. The largest absolute Gasteiger partial charge is 0.349 e. The summed E-state index contributed by atoms with van der Waals surface area (Å²) in [7, 11) is 0. The number of carbonyl (C=O) groups excluding carboxylic acids is 1. The molecule has 1 aliphatic carbocycles. The Hall–Kier alpha value is -1.27. The summed E-state index contributed by atoms with van der Waals surface area (Å²) in [5, 5.41) is 3.84. The molecule has 2 rings (SSSR count). The van der Waals surface area contributed by atoms with E-state index in [2.05, 4.69) is 22.0 Å². The van der Waals surface area contributed by atoms with Crippen LogP contribution in [0.3, 0.4) is 0 Å². The van der Waals surface area contributed by atoms with Crippen molar-refractivity contribution in [3.63, 3.8) is 0 Å². The van der Waals surface area contributed by atoms with Crippen LogP contribution in [-0.2, 0) is 0 Å². The smallest absolute Gasteiger partial charge is 0.251 e. The lowest BCUT2D eigenvalue weighted by atomic mass is 9.95. The van der Waals surface area contributed by atoms with Crippen molar-refractivity contribution in [3.05, 3.63) is 23.9 Å². The molecule has 0 aliphatic heterocycles. The van der Waals surface area contributed by atoms with E-state index in [9.17, 15) is 4.79 Å². The Labute approximate surface area is 117 Å². The van der Waals surface area contributed by atoms with Gasteiger partial charge >= 0.3 is 0 Å². The molecule has 6 heteroatoms. The molecular formula is C13H20N4OS. The van der Waals surface area contributed by atoms with Crippen LogP contribution in [0.4, 0.5) is 5.82 Å². The van der Waals surface area contributed by atoms with Gasteiger partial charge in [0.05, 0.1) is 0 Å². The molecule has 4 N–H and O–H groups in total. The number of nitrogens with one attached hydrogen (secondary N) is 2. The second kappa shape index (κ2) is 6.77. The van der Waals surface area contributed by atoms with Crippen LogP contribution in [0.25, 0.3) is 0 Å². The summed E-state index contributed by atoms with van der Waals surface area (Å²) >= 11 is 1.92. The van der Waals surface area contributed by atoms with Crippen LogP contribution in [0.15, 0.2) is 18.3 Å². The molecule has 1 aliphatic rings. The lowest BCUT2D eigenvalue weighted by Gasteiger charge is -2.28. The number of anilines is 1. The summed E-state index contributed by atoms with van der Waals surface area (Å²) < 4.78 is 0. The Balaban J connectivity index is 1.90. The zero-order chi connectivity index (χ0) is 13.7. The van der Waals surface area contributed by atoms with Gasteiger partial charge in [-0.3, -0.25) is 4.79 Å². The quantitative estimate of drug-likeness (QED) is 0.578. The van der Waals surface area contributed by atoms with Gasteiger partial charge in [0.1, 0.15) is 5.82 Å². The molecule has 1 amide bonds. The predicted octanol–water partition coefficient (Wildman–Crippen LogP) is 1.77. The summed E-state index contributed by atoms with van der Waals surface area (Å²) in [6, 6.07) is 3.64. The lowest BCUT2D eigenvalue weighted by Crippen LogP contribution is -2.38. The Morgan fingerprint density at radius 2 is 2.16 bits per heavy atom. The number of amides is 1. The van der Waals surface area contributed by atoms with Crippen LogP contribution in [0.1, 0.15) is 36.0 Å². The first kappa shape index (κ1) is 14.1. The average Bonchev–Trinajstić information content (AvgIpc) is 2.48. The van der Waals surface area contributed by atoms with Gasteiger partial charge in [0.2, 0.25) is 0 Å². The molecule has 0 unspecified atom stereocenters. The van der Waals surface area contributed by atoms with E-state index >= 15 is 0 Å². The molecule has 19 heavy (non-hydrogen) atoms. The van der Waals surface area contributed by atoms with Crippen molar-refractivity contribution < 1.29 is 4.79 Å². The molecule has 5 nitrogen and oxygen atoms in total. The third kappa shape index (κ3) is 3.84. The number of nitrogens with zero attached hydrogens (tertiary/aromatic N) is 1. The molecule has 1 heterocycles. The van der Waals surface area contributed by atoms with Gasteiger partial charge in [-0.15, -0.1) is 0 Å². The summed E-state index contributed by atoms with van der Waals surface area (Å²) in [4.78, 5) is 16.1. The monoisotopic (exact) mass is 280 g/mol. The van der Waals surface area contributed by atoms with Gasteiger partial charge in [-0.25, -0.2) is 10.8 Å². The van der Waals surface area contributed by atoms with Crippen molar-refractivity contribution in [2.24, 2.45) is 5.84 Å². The molecule has 0 atom stereocenters. The molecule has 1 saturated carbocycles. The summed E-state index contributed by atoms with van der Waals surface area (Å²) in [5.74, 6) is 5.74. The first-order valence-electron chi connectivity index (χ1n) is 6.49. The Kier molecular flexibility index (Phi) is 5.04. The van der Waals surface area contributed by atoms with Gasteiger partial charge < -0.3 is 10.7 Å². The number of carbonyl (C=O) groups is 1. The number of hydrogen-bond acceptors (Lipinski definition) is 5. The van der Waals surface area contributed by atoms with Crippen molar-refractivity contribution in [3.8, 4) is 0 Å². The fourth-order valence-corrected chi connectivity index (χ4v) is 3.11. The van der Waals surface area contributed by atoms with Crippen molar-refractivity contribution in [1.29, 1.82) is 0 Å². The van der Waals surface area contributed by atoms with Crippen molar-refractivity contribution in [2.75, 3.05) is 11.7 Å². The highest BCUT2D eigenvalue weighted by molar-refractivity contribution is 7.99. The Bertz CT molecular complexity index is 432. The van der Waals surface area contributed by atoms with Gasteiger partial charge in [-0.2, -0.15) is 11.8 Å². The first-order valence-corrected chi connectivity index (χ1v) is 7.78. The number of pyridine rings is 1. The molecule has 104 valence electrons. The van der Waals surface area contributed by atoms with Gasteiger partial charge in [-0.1, -0.05) is 0 Å².